The third kappa shape index (κ3) is 3.76. The van der Waals surface area contributed by atoms with Crippen molar-refractivity contribution in [2.24, 2.45) is 5.73 Å². The Kier molecular flexibility index (Phi) is 4.69. The van der Waals surface area contributed by atoms with Gasteiger partial charge in [-0.15, -0.1) is 10.2 Å². The number of primary amides is 1. The lowest BCUT2D eigenvalue weighted by molar-refractivity contribution is -0.122. The largest absolute Gasteiger partial charge is 0.368 e. The fourth-order valence-electron chi connectivity index (χ4n) is 3.28. The number of nitrogens with one attached hydrogen (secondary N) is 1. The monoisotopic (exact) mass is 371 g/mol. The summed E-state index contributed by atoms with van der Waals surface area (Å²) in [6.45, 7) is 1.53. The van der Waals surface area contributed by atoms with Crippen LogP contribution in [-0.4, -0.2) is 39.5 Å². The second-order valence-electron chi connectivity index (χ2n) is 6.90. The second kappa shape index (κ2) is 7.13. The van der Waals surface area contributed by atoms with E-state index in [1.54, 1.807) is 12.1 Å². The summed E-state index contributed by atoms with van der Waals surface area (Å²) in [4.78, 5) is 25.9. The maximum atomic E-state index is 12.4. The number of amides is 2. The number of nitrogens with zero attached hydrogens (tertiary/aromatic N) is 3. The first-order chi connectivity index (χ1) is 12.6. The molecular formula is C18H21N5O2S. The average molecular weight is 371 g/mol. The summed E-state index contributed by atoms with van der Waals surface area (Å²) in [6.07, 6.45) is 4.13. The minimum Gasteiger partial charge on any atom is -0.368 e. The van der Waals surface area contributed by atoms with Gasteiger partial charge in [0.2, 0.25) is 11.0 Å². The smallest absolute Gasteiger partial charge is 0.257 e. The van der Waals surface area contributed by atoms with E-state index in [4.69, 9.17) is 5.73 Å². The molecule has 0 unspecified atom stereocenters. The van der Waals surface area contributed by atoms with Crippen molar-refractivity contribution >= 4 is 28.3 Å². The highest BCUT2D eigenvalue weighted by atomic mass is 32.1. The Bertz CT molecular complexity index is 815. The minimum absolute atomic E-state index is 0.184. The molecule has 7 nitrogen and oxygen atoms in total. The Morgan fingerprint density at radius 3 is 2.65 bits per heavy atom. The van der Waals surface area contributed by atoms with Crippen molar-refractivity contribution in [3.63, 3.8) is 0 Å². The Balaban J connectivity index is 1.37. The SMILES string of the molecule is NC(=O)[C@H]1CCCN1Cc1ccc(C(=O)Nc2nnc(C3CC3)s2)cc1. The third-order valence-corrected chi connectivity index (χ3v) is 5.88. The van der Waals surface area contributed by atoms with Crippen LogP contribution in [0.2, 0.25) is 0 Å². The zero-order valence-corrected chi connectivity index (χ0v) is 15.2. The predicted octanol–water partition coefficient (Wildman–Crippen LogP) is 2.12. The molecule has 0 spiro atoms. The molecular weight excluding hydrogens is 350 g/mol. The summed E-state index contributed by atoms with van der Waals surface area (Å²) in [6, 6.07) is 7.24. The van der Waals surface area contributed by atoms with Crippen LogP contribution in [-0.2, 0) is 11.3 Å². The fourth-order valence-corrected chi connectivity index (χ4v) is 4.19. The summed E-state index contributed by atoms with van der Waals surface area (Å²) in [5.74, 6) is 0.0830. The van der Waals surface area contributed by atoms with Crippen molar-refractivity contribution in [3.05, 3.63) is 40.4 Å². The number of rotatable bonds is 6. The zero-order chi connectivity index (χ0) is 18.1. The van der Waals surface area contributed by atoms with E-state index in [9.17, 15) is 9.59 Å². The van der Waals surface area contributed by atoms with Crippen LogP contribution in [0.1, 0.15) is 52.5 Å². The van der Waals surface area contributed by atoms with Gasteiger partial charge in [-0.2, -0.15) is 0 Å². The Morgan fingerprint density at radius 2 is 1.96 bits per heavy atom. The average Bonchev–Trinajstić information content (AvgIpc) is 3.19. The molecule has 2 aromatic rings. The summed E-state index contributed by atoms with van der Waals surface area (Å²) < 4.78 is 0. The maximum Gasteiger partial charge on any atom is 0.257 e. The van der Waals surface area contributed by atoms with Gasteiger partial charge in [0.1, 0.15) is 5.01 Å². The lowest BCUT2D eigenvalue weighted by atomic mass is 10.1. The number of likely N-dealkylation sites (tertiary alicyclic amines) is 1. The predicted molar refractivity (Wildman–Crippen MR) is 98.9 cm³/mol. The van der Waals surface area contributed by atoms with Crippen LogP contribution >= 0.6 is 11.3 Å². The molecule has 1 aromatic heterocycles. The lowest BCUT2D eigenvalue weighted by Gasteiger charge is -2.21. The molecule has 3 N–H and O–H groups in total. The molecule has 2 heterocycles. The first kappa shape index (κ1) is 17.1. The molecule has 8 heteroatoms. The van der Waals surface area contributed by atoms with Crippen LogP contribution in [0, 0.1) is 0 Å². The van der Waals surface area contributed by atoms with E-state index in [0.717, 1.165) is 42.8 Å². The summed E-state index contributed by atoms with van der Waals surface area (Å²) in [5.41, 5.74) is 7.09. The van der Waals surface area contributed by atoms with Crippen LogP contribution in [0.5, 0.6) is 0 Å². The van der Waals surface area contributed by atoms with Gasteiger partial charge in [0, 0.05) is 18.0 Å². The van der Waals surface area contributed by atoms with E-state index >= 15 is 0 Å². The molecule has 2 aliphatic rings. The van der Waals surface area contributed by atoms with Crippen LogP contribution in [0.15, 0.2) is 24.3 Å². The van der Waals surface area contributed by atoms with Crippen molar-refractivity contribution in [1.29, 1.82) is 0 Å². The first-order valence-corrected chi connectivity index (χ1v) is 9.69. The topological polar surface area (TPSA) is 101 Å². The van der Waals surface area contributed by atoms with Crippen molar-refractivity contribution in [3.8, 4) is 0 Å². The van der Waals surface area contributed by atoms with Crippen molar-refractivity contribution in [2.45, 2.75) is 44.2 Å². The number of nitrogens with two attached hydrogens (primary N) is 1. The van der Waals surface area contributed by atoms with E-state index in [1.807, 2.05) is 12.1 Å². The second-order valence-corrected chi connectivity index (χ2v) is 7.91. The number of anilines is 1. The molecule has 2 amide bonds. The highest BCUT2D eigenvalue weighted by Crippen LogP contribution is 2.42. The third-order valence-electron chi connectivity index (χ3n) is 4.88. The lowest BCUT2D eigenvalue weighted by Crippen LogP contribution is -2.39. The molecule has 4 rings (SSSR count). The maximum absolute atomic E-state index is 12.4. The highest BCUT2D eigenvalue weighted by Gasteiger charge is 2.29. The van der Waals surface area contributed by atoms with Gasteiger partial charge in [0.05, 0.1) is 6.04 Å². The molecule has 0 radical (unpaired) electrons. The minimum atomic E-state index is -0.263. The molecule has 1 aliphatic heterocycles. The molecule has 1 saturated carbocycles. The molecule has 1 aliphatic carbocycles. The van der Waals surface area contributed by atoms with E-state index < -0.39 is 0 Å². The number of hydrogen-bond donors (Lipinski definition) is 2. The summed E-state index contributed by atoms with van der Waals surface area (Å²) in [7, 11) is 0. The van der Waals surface area contributed by atoms with E-state index in [0.29, 0.717) is 23.2 Å². The van der Waals surface area contributed by atoms with Gasteiger partial charge >= 0.3 is 0 Å². The molecule has 1 saturated heterocycles. The van der Waals surface area contributed by atoms with Crippen LogP contribution in [0.3, 0.4) is 0 Å². The quantitative estimate of drug-likeness (QED) is 0.810. The van der Waals surface area contributed by atoms with Crippen LogP contribution in [0.25, 0.3) is 0 Å². The number of benzene rings is 1. The number of carbonyl (C=O) groups is 2. The normalized spacial score (nSPS) is 20.2. The first-order valence-electron chi connectivity index (χ1n) is 8.87. The van der Waals surface area contributed by atoms with E-state index in [1.165, 1.54) is 11.3 Å². The van der Waals surface area contributed by atoms with Gasteiger partial charge in [0.15, 0.2) is 0 Å². The van der Waals surface area contributed by atoms with Crippen LogP contribution in [0.4, 0.5) is 5.13 Å². The standard InChI is InChI=1S/C18H21N5O2S/c19-15(24)14-2-1-9-23(14)10-11-3-5-12(6-4-11)16(25)20-18-22-21-17(26-18)13-7-8-13/h3-6,13-14H,1-2,7-10H2,(H2,19,24)(H,20,22,25)/t14-/m1/s1. The molecule has 2 fully saturated rings. The van der Waals surface area contributed by atoms with E-state index in [2.05, 4.69) is 20.4 Å². The van der Waals surface area contributed by atoms with Crippen molar-refractivity contribution in [1.82, 2.24) is 15.1 Å². The van der Waals surface area contributed by atoms with Gasteiger partial charge in [0.25, 0.3) is 5.91 Å². The Morgan fingerprint density at radius 1 is 1.19 bits per heavy atom. The molecule has 0 bridgehead atoms. The summed E-state index contributed by atoms with van der Waals surface area (Å²) >= 11 is 1.45. The van der Waals surface area contributed by atoms with Gasteiger partial charge in [-0.3, -0.25) is 19.8 Å². The van der Waals surface area contributed by atoms with Crippen molar-refractivity contribution in [2.75, 3.05) is 11.9 Å². The van der Waals surface area contributed by atoms with Gasteiger partial charge in [-0.25, -0.2) is 0 Å². The molecule has 1 aromatic carbocycles. The number of hydrogen-bond acceptors (Lipinski definition) is 6. The molecule has 26 heavy (non-hydrogen) atoms. The van der Waals surface area contributed by atoms with Crippen LogP contribution < -0.4 is 11.1 Å². The van der Waals surface area contributed by atoms with E-state index in [-0.39, 0.29) is 17.9 Å². The zero-order valence-electron chi connectivity index (χ0n) is 14.4. The number of aromatic nitrogens is 2. The van der Waals surface area contributed by atoms with Crippen molar-refractivity contribution < 1.29 is 9.59 Å². The summed E-state index contributed by atoms with van der Waals surface area (Å²) in [5, 5.41) is 12.5. The Hall–Kier alpha value is -2.32. The Labute approximate surface area is 155 Å². The fraction of sp³-hybridized carbons (Fsp3) is 0.444. The number of carbonyl (C=O) groups excluding carboxylic acids is 2. The van der Waals surface area contributed by atoms with Gasteiger partial charge in [-0.1, -0.05) is 23.5 Å². The molecule has 136 valence electrons. The van der Waals surface area contributed by atoms with Gasteiger partial charge < -0.3 is 5.73 Å². The highest BCUT2D eigenvalue weighted by molar-refractivity contribution is 7.15. The molecule has 1 atom stereocenters. The van der Waals surface area contributed by atoms with Gasteiger partial charge in [-0.05, 0) is 49.9 Å².